The lowest BCUT2D eigenvalue weighted by molar-refractivity contribution is -0.0399. The molecule has 2 heteroatoms. The second kappa shape index (κ2) is 10.8. The van der Waals surface area contributed by atoms with Crippen molar-refractivity contribution in [2.45, 2.75) is 75.0 Å². The molecular formula is C52H45NO. The van der Waals surface area contributed by atoms with E-state index in [0.29, 0.717) is 0 Å². The quantitative estimate of drug-likeness (QED) is 0.183. The van der Waals surface area contributed by atoms with Crippen molar-refractivity contribution in [1.82, 2.24) is 0 Å². The monoisotopic (exact) mass is 699 g/mol. The zero-order chi connectivity index (χ0) is 35.2. The molecule has 7 aliphatic carbocycles. The van der Waals surface area contributed by atoms with Crippen LogP contribution in [0.1, 0.15) is 86.5 Å². The first-order valence-corrected chi connectivity index (χ1v) is 20.9. The minimum Gasteiger partial charge on any atom is -0.456 e. The highest BCUT2D eigenvalue weighted by Gasteiger charge is 2.62. The minimum atomic E-state index is 0.121. The summed E-state index contributed by atoms with van der Waals surface area (Å²) >= 11 is 0. The zero-order valence-corrected chi connectivity index (χ0v) is 30.9. The molecule has 6 aromatic carbocycles. The van der Waals surface area contributed by atoms with Gasteiger partial charge < -0.3 is 9.32 Å². The van der Waals surface area contributed by atoms with E-state index in [9.17, 15) is 0 Å². The van der Waals surface area contributed by atoms with Crippen molar-refractivity contribution in [1.29, 1.82) is 0 Å². The third-order valence-corrected chi connectivity index (χ3v) is 15.6. The summed E-state index contributed by atoms with van der Waals surface area (Å²) in [6.45, 7) is 0. The van der Waals surface area contributed by atoms with Crippen molar-refractivity contribution in [3.8, 4) is 22.3 Å². The van der Waals surface area contributed by atoms with Crippen LogP contribution in [-0.2, 0) is 10.8 Å². The first-order valence-electron chi connectivity index (χ1n) is 20.9. The van der Waals surface area contributed by atoms with Crippen molar-refractivity contribution < 1.29 is 4.42 Å². The molecule has 14 rings (SSSR count). The predicted octanol–water partition coefficient (Wildman–Crippen LogP) is 14.0. The summed E-state index contributed by atoms with van der Waals surface area (Å²) in [5, 5.41) is 2.35. The van der Waals surface area contributed by atoms with Gasteiger partial charge in [-0.2, -0.15) is 0 Å². The SMILES string of the molecule is c1ccc2c(c1)-c1cc(N(c3ccc4oc5ccccc5c4c3)c3cccc4c3-c3ccccc3C43C4CC5CC(C4)CC3C5)ccc1C21CCCCC1. The molecule has 0 amide bonds. The van der Waals surface area contributed by atoms with E-state index in [1.165, 1.54) is 114 Å². The highest BCUT2D eigenvalue weighted by Crippen LogP contribution is 2.70. The highest BCUT2D eigenvalue weighted by molar-refractivity contribution is 6.07. The Balaban J connectivity index is 1.07. The van der Waals surface area contributed by atoms with Crippen LogP contribution in [0.3, 0.4) is 0 Å². The Kier molecular flexibility index (Phi) is 6.04. The molecule has 5 saturated carbocycles. The minimum absolute atomic E-state index is 0.121. The molecule has 4 bridgehead atoms. The fourth-order valence-electron chi connectivity index (χ4n) is 13.9. The average molecular weight is 700 g/mol. The molecule has 1 aromatic heterocycles. The first-order chi connectivity index (χ1) is 26.7. The number of benzene rings is 6. The predicted molar refractivity (Wildman–Crippen MR) is 221 cm³/mol. The molecule has 7 aromatic rings. The largest absolute Gasteiger partial charge is 0.456 e. The Hall–Kier alpha value is -5.08. The Bertz CT molecular complexity index is 2660. The van der Waals surface area contributed by atoms with Crippen LogP contribution in [0.5, 0.6) is 0 Å². The fourth-order valence-corrected chi connectivity index (χ4v) is 13.9. The van der Waals surface area contributed by atoms with E-state index in [1.54, 1.807) is 22.3 Å². The molecule has 0 radical (unpaired) electrons. The van der Waals surface area contributed by atoms with Gasteiger partial charge in [0.2, 0.25) is 0 Å². The number of hydrogen-bond acceptors (Lipinski definition) is 2. The second-order valence-electron chi connectivity index (χ2n) is 18.0. The van der Waals surface area contributed by atoms with Gasteiger partial charge in [-0.25, -0.2) is 0 Å². The van der Waals surface area contributed by atoms with Crippen molar-refractivity contribution in [2.24, 2.45) is 23.7 Å². The molecule has 5 fully saturated rings. The van der Waals surface area contributed by atoms with E-state index in [1.807, 2.05) is 0 Å². The van der Waals surface area contributed by atoms with Crippen LogP contribution in [0.25, 0.3) is 44.2 Å². The number of anilines is 3. The summed E-state index contributed by atoms with van der Waals surface area (Å²) in [7, 11) is 0. The van der Waals surface area contributed by atoms with Gasteiger partial charge in [0.15, 0.2) is 0 Å². The molecule has 0 aliphatic heterocycles. The first kappa shape index (κ1) is 30.3. The summed E-state index contributed by atoms with van der Waals surface area (Å²) in [6, 6.07) is 49.2. The maximum atomic E-state index is 6.39. The topological polar surface area (TPSA) is 16.4 Å². The van der Waals surface area contributed by atoms with Crippen molar-refractivity contribution in [2.75, 3.05) is 4.90 Å². The number of rotatable bonds is 3. The Labute approximate surface area is 317 Å². The summed E-state index contributed by atoms with van der Waals surface area (Å²) in [4.78, 5) is 2.61. The summed E-state index contributed by atoms with van der Waals surface area (Å²) < 4.78 is 6.39. The molecule has 0 saturated heterocycles. The Morgan fingerprint density at radius 2 is 1.13 bits per heavy atom. The third kappa shape index (κ3) is 3.77. The number of furan rings is 1. The van der Waals surface area contributed by atoms with Gasteiger partial charge in [-0.3, -0.25) is 0 Å². The van der Waals surface area contributed by atoms with E-state index in [4.69, 9.17) is 4.42 Å². The molecule has 264 valence electrons. The highest BCUT2D eigenvalue weighted by atomic mass is 16.3. The maximum Gasteiger partial charge on any atom is 0.135 e. The van der Waals surface area contributed by atoms with E-state index in [2.05, 4.69) is 132 Å². The number of nitrogens with zero attached hydrogens (tertiary/aromatic N) is 1. The van der Waals surface area contributed by atoms with Crippen LogP contribution >= 0.6 is 0 Å². The fraction of sp³-hybridized carbons (Fsp3) is 0.308. The van der Waals surface area contributed by atoms with E-state index < -0.39 is 0 Å². The van der Waals surface area contributed by atoms with Crippen molar-refractivity contribution >= 4 is 39.0 Å². The Morgan fingerprint density at radius 3 is 1.96 bits per heavy atom. The van der Waals surface area contributed by atoms with Gasteiger partial charge in [0.1, 0.15) is 11.2 Å². The molecule has 0 unspecified atom stereocenters. The second-order valence-corrected chi connectivity index (χ2v) is 18.0. The van der Waals surface area contributed by atoms with Crippen LogP contribution < -0.4 is 4.90 Å². The Morgan fingerprint density at radius 1 is 0.481 bits per heavy atom. The number of para-hydroxylation sites is 1. The van der Waals surface area contributed by atoms with E-state index in [-0.39, 0.29) is 10.8 Å². The van der Waals surface area contributed by atoms with Gasteiger partial charge in [-0.05, 0) is 150 Å². The third-order valence-electron chi connectivity index (χ3n) is 15.6. The van der Waals surface area contributed by atoms with E-state index in [0.717, 1.165) is 34.8 Å². The van der Waals surface area contributed by atoms with Crippen LogP contribution in [0.15, 0.2) is 132 Å². The van der Waals surface area contributed by atoms with E-state index >= 15 is 0 Å². The van der Waals surface area contributed by atoms with Gasteiger partial charge in [-0.15, -0.1) is 0 Å². The van der Waals surface area contributed by atoms with Gasteiger partial charge in [0.25, 0.3) is 0 Å². The number of fused-ring (bicyclic) bond motifs is 11. The van der Waals surface area contributed by atoms with Gasteiger partial charge >= 0.3 is 0 Å². The molecular weight excluding hydrogens is 655 g/mol. The molecule has 7 aliphatic rings. The van der Waals surface area contributed by atoms with Crippen LogP contribution in [-0.4, -0.2) is 0 Å². The van der Waals surface area contributed by atoms with Gasteiger partial charge in [0, 0.05) is 38.5 Å². The normalized spacial score (nSPS) is 26.4. The van der Waals surface area contributed by atoms with Gasteiger partial charge in [0.05, 0.1) is 5.69 Å². The van der Waals surface area contributed by atoms with Crippen molar-refractivity contribution in [3.63, 3.8) is 0 Å². The van der Waals surface area contributed by atoms with Crippen LogP contribution in [0, 0.1) is 23.7 Å². The molecule has 1 heterocycles. The number of hydrogen-bond donors (Lipinski definition) is 0. The molecule has 2 nitrogen and oxygen atoms in total. The molecule has 2 spiro atoms. The summed E-state index contributed by atoms with van der Waals surface area (Å²) in [5.41, 5.74) is 18.0. The lowest BCUT2D eigenvalue weighted by atomic mass is 9.43. The lowest BCUT2D eigenvalue weighted by Gasteiger charge is -2.61. The lowest BCUT2D eigenvalue weighted by Crippen LogP contribution is -2.55. The van der Waals surface area contributed by atoms with Crippen LogP contribution in [0.2, 0.25) is 0 Å². The van der Waals surface area contributed by atoms with Crippen molar-refractivity contribution in [3.05, 3.63) is 150 Å². The van der Waals surface area contributed by atoms with Crippen LogP contribution in [0.4, 0.5) is 17.1 Å². The summed E-state index contributed by atoms with van der Waals surface area (Å²) in [5.74, 6) is 3.31. The zero-order valence-electron chi connectivity index (χ0n) is 30.9. The average Bonchev–Trinajstić information content (AvgIpc) is 3.82. The molecule has 54 heavy (non-hydrogen) atoms. The standard InChI is InChI=1S/C52H45NO/c1-8-23-51(24-9-1)43-14-5-2-11-38(43)41-30-36(19-21-44(41)51)53(37-20-22-49-42(31-37)39-12-4-7-18-48(39)54-49)47-17-10-16-46-50(47)40-13-3-6-15-45(40)52(46)34-26-32-25-33(28-34)29-35(52)27-32/h2-7,10-22,30-35H,1,8-9,23-29H2. The smallest absolute Gasteiger partial charge is 0.135 e. The molecule has 0 atom stereocenters. The van der Waals surface area contributed by atoms with Gasteiger partial charge in [-0.1, -0.05) is 104 Å². The molecule has 0 N–H and O–H groups in total. The summed E-state index contributed by atoms with van der Waals surface area (Å²) in [6.07, 6.45) is 13.5. The maximum absolute atomic E-state index is 6.39.